The molecule has 0 bridgehead atoms. The minimum Gasteiger partial charge on any atom is -0.377 e. The molecular weight excluding hydrogens is 316 g/mol. The van der Waals surface area contributed by atoms with Crippen molar-refractivity contribution in [1.29, 1.82) is 0 Å². The van der Waals surface area contributed by atoms with Gasteiger partial charge in [0.1, 0.15) is 0 Å². The fourth-order valence-electron chi connectivity index (χ4n) is 3.08. The van der Waals surface area contributed by atoms with Gasteiger partial charge in [0.15, 0.2) is 0 Å². The molecule has 2 rings (SSSR count). The summed E-state index contributed by atoms with van der Waals surface area (Å²) in [7, 11) is 1.80. The second kappa shape index (κ2) is 6.12. The molecule has 1 fully saturated rings. The summed E-state index contributed by atoms with van der Waals surface area (Å²) in [6, 6.07) is 2.10. The largest absolute Gasteiger partial charge is 0.377 e. The van der Waals surface area contributed by atoms with E-state index in [9.17, 15) is 0 Å². The number of aromatic nitrogens is 1. The SMILES string of the molecule is COC1(C(N)Cc2cncc(Br)c2)CCC(C)(C)CC1. The Bertz CT molecular complexity index is 452. The van der Waals surface area contributed by atoms with E-state index in [1.165, 1.54) is 12.8 Å². The van der Waals surface area contributed by atoms with Gasteiger partial charge in [0.25, 0.3) is 0 Å². The predicted molar refractivity (Wildman–Crippen MR) is 85.6 cm³/mol. The molecule has 1 aliphatic rings. The molecule has 1 saturated carbocycles. The van der Waals surface area contributed by atoms with Crippen LogP contribution in [0.2, 0.25) is 0 Å². The predicted octanol–water partition coefficient (Wildman–Crippen LogP) is 3.70. The number of hydrogen-bond acceptors (Lipinski definition) is 3. The van der Waals surface area contributed by atoms with Crippen molar-refractivity contribution in [1.82, 2.24) is 4.98 Å². The van der Waals surface area contributed by atoms with E-state index in [4.69, 9.17) is 10.5 Å². The molecule has 0 amide bonds. The molecule has 3 nitrogen and oxygen atoms in total. The van der Waals surface area contributed by atoms with Crippen LogP contribution in [0, 0.1) is 5.41 Å². The highest BCUT2D eigenvalue weighted by atomic mass is 79.9. The molecule has 4 heteroatoms. The van der Waals surface area contributed by atoms with Gasteiger partial charge in [-0.2, -0.15) is 0 Å². The second-order valence-electron chi connectivity index (χ2n) is 6.76. The molecule has 112 valence electrons. The third-order valence-electron chi connectivity index (χ3n) is 4.75. The van der Waals surface area contributed by atoms with Gasteiger partial charge >= 0.3 is 0 Å². The lowest BCUT2D eigenvalue weighted by Crippen LogP contribution is -2.53. The van der Waals surface area contributed by atoms with Crippen molar-refractivity contribution < 1.29 is 4.74 Å². The average molecular weight is 341 g/mol. The van der Waals surface area contributed by atoms with Crippen molar-refractivity contribution >= 4 is 15.9 Å². The fourth-order valence-corrected chi connectivity index (χ4v) is 3.50. The fraction of sp³-hybridized carbons (Fsp3) is 0.688. The zero-order valence-electron chi connectivity index (χ0n) is 12.7. The van der Waals surface area contributed by atoms with E-state index in [0.717, 1.165) is 29.3 Å². The van der Waals surface area contributed by atoms with Gasteiger partial charge in [-0.3, -0.25) is 4.98 Å². The van der Waals surface area contributed by atoms with Gasteiger partial charge in [-0.1, -0.05) is 13.8 Å². The number of nitrogens with two attached hydrogens (primary N) is 1. The summed E-state index contributed by atoms with van der Waals surface area (Å²) in [5.74, 6) is 0. The standard InChI is InChI=1S/C16H25BrN2O/c1-15(2)4-6-16(20-3,7-5-15)14(18)9-12-8-13(17)11-19-10-12/h8,10-11,14H,4-7,9,18H2,1-3H3. The maximum Gasteiger partial charge on any atom is 0.0832 e. The Labute approximate surface area is 130 Å². The maximum absolute atomic E-state index is 6.50. The van der Waals surface area contributed by atoms with Crippen LogP contribution in [0.1, 0.15) is 45.1 Å². The molecular formula is C16H25BrN2O. The summed E-state index contributed by atoms with van der Waals surface area (Å²) in [6.07, 6.45) is 8.92. The third-order valence-corrected chi connectivity index (χ3v) is 5.18. The average Bonchev–Trinajstić information content (AvgIpc) is 2.39. The van der Waals surface area contributed by atoms with Crippen molar-refractivity contribution in [2.45, 2.75) is 57.6 Å². The van der Waals surface area contributed by atoms with Crippen LogP contribution in [-0.2, 0) is 11.2 Å². The van der Waals surface area contributed by atoms with Crippen molar-refractivity contribution in [3.63, 3.8) is 0 Å². The number of rotatable bonds is 4. The quantitative estimate of drug-likeness (QED) is 0.908. The molecule has 0 aliphatic heterocycles. The van der Waals surface area contributed by atoms with Crippen LogP contribution >= 0.6 is 15.9 Å². The Morgan fingerprint density at radius 1 is 1.30 bits per heavy atom. The topological polar surface area (TPSA) is 48.1 Å². The van der Waals surface area contributed by atoms with Gasteiger partial charge in [-0.15, -0.1) is 0 Å². The summed E-state index contributed by atoms with van der Waals surface area (Å²) >= 11 is 3.46. The summed E-state index contributed by atoms with van der Waals surface area (Å²) < 4.78 is 6.88. The summed E-state index contributed by atoms with van der Waals surface area (Å²) in [5, 5.41) is 0. The van der Waals surface area contributed by atoms with E-state index < -0.39 is 0 Å². The first kappa shape index (κ1) is 15.9. The second-order valence-corrected chi connectivity index (χ2v) is 7.67. The Morgan fingerprint density at radius 2 is 1.95 bits per heavy atom. The normalized spacial score (nSPS) is 22.4. The zero-order valence-corrected chi connectivity index (χ0v) is 14.2. The Kier molecular flexibility index (Phi) is 4.88. The lowest BCUT2D eigenvalue weighted by Gasteiger charge is -2.46. The highest BCUT2D eigenvalue weighted by Gasteiger charge is 2.42. The van der Waals surface area contributed by atoms with Crippen molar-refractivity contribution in [3.05, 3.63) is 28.5 Å². The van der Waals surface area contributed by atoms with Gasteiger partial charge in [0.2, 0.25) is 0 Å². The van der Waals surface area contributed by atoms with Gasteiger partial charge in [-0.05, 0) is 65.1 Å². The number of hydrogen-bond donors (Lipinski definition) is 1. The van der Waals surface area contributed by atoms with Crippen LogP contribution in [-0.4, -0.2) is 23.7 Å². The molecule has 0 saturated heterocycles. The van der Waals surface area contributed by atoms with Crippen LogP contribution in [0.3, 0.4) is 0 Å². The molecule has 0 radical (unpaired) electrons. The molecule has 1 unspecified atom stereocenters. The Balaban J connectivity index is 2.08. The van der Waals surface area contributed by atoms with Crippen molar-refractivity contribution in [2.24, 2.45) is 11.1 Å². The van der Waals surface area contributed by atoms with Gasteiger partial charge in [-0.25, -0.2) is 0 Å². The van der Waals surface area contributed by atoms with Crippen molar-refractivity contribution in [3.8, 4) is 0 Å². The molecule has 20 heavy (non-hydrogen) atoms. The van der Waals surface area contributed by atoms with Crippen LogP contribution in [0.25, 0.3) is 0 Å². The van der Waals surface area contributed by atoms with E-state index in [-0.39, 0.29) is 11.6 Å². The minimum atomic E-state index is -0.183. The van der Waals surface area contributed by atoms with E-state index in [0.29, 0.717) is 5.41 Å². The number of halogens is 1. The lowest BCUT2D eigenvalue weighted by atomic mass is 9.68. The van der Waals surface area contributed by atoms with Gasteiger partial charge in [0, 0.05) is 30.0 Å². The van der Waals surface area contributed by atoms with Crippen molar-refractivity contribution in [2.75, 3.05) is 7.11 Å². The third kappa shape index (κ3) is 3.60. The van der Waals surface area contributed by atoms with Gasteiger partial charge < -0.3 is 10.5 Å². The first-order valence-corrected chi connectivity index (χ1v) is 8.06. The Hall–Kier alpha value is -0.450. The lowest BCUT2D eigenvalue weighted by molar-refractivity contribution is -0.0781. The molecule has 1 atom stereocenters. The highest BCUT2D eigenvalue weighted by Crippen LogP contribution is 2.43. The molecule has 0 spiro atoms. The first-order chi connectivity index (χ1) is 9.37. The molecule has 1 aliphatic carbocycles. The highest BCUT2D eigenvalue weighted by molar-refractivity contribution is 9.10. The molecule has 1 aromatic heterocycles. The van der Waals surface area contributed by atoms with Crippen LogP contribution < -0.4 is 5.73 Å². The number of nitrogens with zero attached hydrogens (tertiary/aromatic N) is 1. The summed E-state index contributed by atoms with van der Waals surface area (Å²) in [6.45, 7) is 4.66. The smallest absolute Gasteiger partial charge is 0.0832 e. The number of pyridine rings is 1. The minimum absolute atomic E-state index is 0.0136. The van der Waals surface area contributed by atoms with E-state index in [2.05, 4.69) is 40.8 Å². The Morgan fingerprint density at radius 3 is 2.50 bits per heavy atom. The van der Waals surface area contributed by atoms with E-state index >= 15 is 0 Å². The number of methoxy groups -OCH3 is 1. The molecule has 1 aromatic rings. The number of ether oxygens (including phenoxy) is 1. The van der Waals surface area contributed by atoms with Gasteiger partial charge in [0.05, 0.1) is 5.60 Å². The first-order valence-electron chi connectivity index (χ1n) is 7.27. The maximum atomic E-state index is 6.50. The molecule has 0 aromatic carbocycles. The van der Waals surface area contributed by atoms with Crippen LogP contribution in [0.4, 0.5) is 0 Å². The molecule has 2 N–H and O–H groups in total. The summed E-state index contributed by atoms with van der Waals surface area (Å²) in [4.78, 5) is 4.21. The van der Waals surface area contributed by atoms with Crippen LogP contribution in [0.5, 0.6) is 0 Å². The monoisotopic (exact) mass is 340 g/mol. The van der Waals surface area contributed by atoms with E-state index in [1.54, 1.807) is 13.3 Å². The molecule has 1 heterocycles. The van der Waals surface area contributed by atoms with E-state index in [1.807, 2.05) is 6.20 Å². The summed E-state index contributed by atoms with van der Waals surface area (Å²) in [5.41, 5.74) is 7.89. The zero-order chi connectivity index (χ0) is 14.8. The van der Waals surface area contributed by atoms with Crippen LogP contribution in [0.15, 0.2) is 22.9 Å².